The Morgan fingerprint density at radius 3 is 2.58 bits per heavy atom. The fourth-order valence-corrected chi connectivity index (χ4v) is 3.24. The first kappa shape index (κ1) is 16.8. The van der Waals surface area contributed by atoms with Gasteiger partial charge in [0.25, 0.3) is 5.78 Å². The maximum absolute atomic E-state index is 14.5. The largest absolute Gasteiger partial charge is 0.365 e. The monoisotopic (exact) mass is 387 g/mol. The molecule has 2 aromatic heterocycles. The quantitative estimate of drug-likeness (QED) is 0.508. The van der Waals surface area contributed by atoms with E-state index in [0.29, 0.717) is 23.7 Å². The zero-order valence-corrected chi connectivity index (χ0v) is 14.8. The number of anilines is 1. The van der Waals surface area contributed by atoms with Crippen LogP contribution in [0.15, 0.2) is 54.9 Å². The van der Waals surface area contributed by atoms with Crippen LogP contribution in [0.25, 0.3) is 16.9 Å². The van der Waals surface area contributed by atoms with Gasteiger partial charge in [-0.2, -0.15) is 19.6 Å². The van der Waals surface area contributed by atoms with E-state index in [1.54, 1.807) is 6.07 Å². The van der Waals surface area contributed by atoms with Gasteiger partial charge in [0.15, 0.2) is 0 Å². The molecule has 1 N–H and O–H groups in total. The van der Waals surface area contributed by atoms with Gasteiger partial charge in [0.2, 0.25) is 0 Å². The lowest BCUT2D eigenvalue weighted by Gasteiger charge is -2.16. The predicted molar refractivity (Wildman–Crippen MR) is 100.0 cm³/mol. The first-order valence-corrected chi connectivity index (χ1v) is 8.52. The van der Waals surface area contributed by atoms with Crippen LogP contribution >= 0.6 is 23.2 Å². The summed E-state index contributed by atoms with van der Waals surface area (Å²) in [6.45, 7) is 0.481. The summed E-state index contributed by atoms with van der Waals surface area (Å²) in [6, 6.07) is 14.2. The Morgan fingerprint density at radius 2 is 1.81 bits per heavy atom. The smallest absolute Gasteiger partial charge is 0.255 e. The van der Waals surface area contributed by atoms with Crippen molar-refractivity contribution in [1.82, 2.24) is 19.6 Å². The van der Waals surface area contributed by atoms with Gasteiger partial charge in [-0.1, -0.05) is 59.6 Å². The number of fused-ring (bicyclic) bond motifs is 1. The minimum atomic E-state index is -0.497. The summed E-state index contributed by atoms with van der Waals surface area (Å²) >= 11 is 12.6. The van der Waals surface area contributed by atoms with Crippen molar-refractivity contribution in [3.05, 3.63) is 76.4 Å². The van der Waals surface area contributed by atoms with Gasteiger partial charge in [0.1, 0.15) is 23.1 Å². The van der Waals surface area contributed by atoms with E-state index in [9.17, 15) is 4.39 Å². The number of aromatic nitrogens is 4. The Hall–Kier alpha value is -2.70. The molecule has 0 spiro atoms. The van der Waals surface area contributed by atoms with Crippen LogP contribution in [-0.2, 0) is 6.54 Å². The second-order valence-electron chi connectivity index (χ2n) is 5.53. The van der Waals surface area contributed by atoms with Crippen molar-refractivity contribution in [3.63, 3.8) is 0 Å². The SMILES string of the molecule is Fc1cccc(Cl)c1-c1c(Cl)nc2ncnn2c1NCc1ccccc1. The van der Waals surface area contributed by atoms with Crippen molar-refractivity contribution in [2.24, 2.45) is 0 Å². The lowest BCUT2D eigenvalue weighted by molar-refractivity contribution is 0.631. The van der Waals surface area contributed by atoms with Crippen molar-refractivity contribution < 1.29 is 4.39 Å². The van der Waals surface area contributed by atoms with Crippen molar-refractivity contribution >= 4 is 34.8 Å². The second-order valence-corrected chi connectivity index (χ2v) is 6.30. The molecule has 0 radical (unpaired) electrons. The van der Waals surface area contributed by atoms with Crippen LogP contribution in [-0.4, -0.2) is 19.6 Å². The van der Waals surface area contributed by atoms with Gasteiger partial charge in [-0.05, 0) is 17.7 Å². The molecule has 0 aliphatic heterocycles. The molecule has 0 atom stereocenters. The lowest BCUT2D eigenvalue weighted by Crippen LogP contribution is -2.09. The Labute approximate surface area is 158 Å². The van der Waals surface area contributed by atoms with Crippen LogP contribution < -0.4 is 5.32 Å². The average molecular weight is 388 g/mol. The van der Waals surface area contributed by atoms with Gasteiger partial charge in [0, 0.05) is 12.1 Å². The molecule has 26 heavy (non-hydrogen) atoms. The molecule has 2 aromatic carbocycles. The molecular formula is C18H12Cl2FN5. The highest BCUT2D eigenvalue weighted by molar-refractivity contribution is 6.36. The van der Waals surface area contributed by atoms with Crippen LogP contribution in [0, 0.1) is 5.82 Å². The van der Waals surface area contributed by atoms with Gasteiger partial charge < -0.3 is 5.32 Å². The minimum Gasteiger partial charge on any atom is -0.365 e. The highest BCUT2D eigenvalue weighted by Gasteiger charge is 2.22. The molecule has 0 saturated heterocycles. The molecule has 0 fully saturated rings. The highest BCUT2D eigenvalue weighted by atomic mass is 35.5. The van der Waals surface area contributed by atoms with Crippen LogP contribution in [0.3, 0.4) is 0 Å². The number of nitrogens with one attached hydrogen (secondary N) is 1. The number of rotatable bonds is 4. The van der Waals surface area contributed by atoms with E-state index in [1.807, 2.05) is 30.3 Å². The summed E-state index contributed by atoms with van der Waals surface area (Å²) in [6.07, 6.45) is 1.36. The van der Waals surface area contributed by atoms with Gasteiger partial charge in [0.05, 0.1) is 10.6 Å². The van der Waals surface area contributed by atoms with E-state index in [2.05, 4.69) is 20.4 Å². The summed E-state index contributed by atoms with van der Waals surface area (Å²) in [5.74, 6) is 0.276. The molecule has 0 aliphatic carbocycles. The summed E-state index contributed by atoms with van der Waals surface area (Å²) in [4.78, 5) is 8.26. The molecule has 8 heteroatoms. The maximum atomic E-state index is 14.5. The molecule has 0 aliphatic rings. The van der Waals surface area contributed by atoms with Gasteiger partial charge in [-0.3, -0.25) is 0 Å². The van der Waals surface area contributed by atoms with Crippen molar-refractivity contribution in [2.75, 3.05) is 5.32 Å². The summed E-state index contributed by atoms with van der Waals surface area (Å²) in [5, 5.41) is 7.76. The Balaban J connectivity index is 1.90. The van der Waals surface area contributed by atoms with Gasteiger partial charge in [-0.25, -0.2) is 4.39 Å². The molecule has 0 amide bonds. The molecule has 2 heterocycles. The number of hydrogen-bond donors (Lipinski definition) is 1. The zero-order valence-electron chi connectivity index (χ0n) is 13.3. The van der Waals surface area contributed by atoms with Crippen LogP contribution in [0.4, 0.5) is 10.2 Å². The second kappa shape index (κ2) is 6.90. The standard InChI is InChI=1S/C18H12Cl2FN5/c19-12-7-4-8-13(21)14(12)15-16(20)25-18-23-10-24-26(18)17(15)22-9-11-5-2-1-3-6-11/h1-8,10,22H,9H2. The number of halogens is 3. The molecule has 130 valence electrons. The van der Waals surface area contributed by atoms with E-state index >= 15 is 0 Å². The molecule has 0 bridgehead atoms. The lowest BCUT2D eigenvalue weighted by atomic mass is 10.1. The molecule has 0 saturated carbocycles. The Morgan fingerprint density at radius 1 is 1.00 bits per heavy atom. The van der Waals surface area contributed by atoms with Crippen molar-refractivity contribution in [1.29, 1.82) is 0 Å². The number of nitrogens with zero attached hydrogens (tertiary/aromatic N) is 4. The summed E-state index contributed by atoms with van der Waals surface area (Å²) in [5.41, 5.74) is 1.54. The van der Waals surface area contributed by atoms with E-state index in [4.69, 9.17) is 23.2 Å². The molecular weight excluding hydrogens is 376 g/mol. The summed E-state index contributed by atoms with van der Waals surface area (Å²) in [7, 11) is 0. The van der Waals surface area contributed by atoms with E-state index in [0.717, 1.165) is 5.56 Å². The first-order chi connectivity index (χ1) is 12.6. The van der Waals surface area contributed by atoms with Gasteiger partial charge >= 0.3 is 0 Å². The molecule has 5 nitrogen and oxygen atoms in total. The molecule has 4 rings (SSSR count). The number of benzene rings is 2. The number of hydrogen-bond acceptors (Lipinski definition) is 4. The third-order valence-corrected chi connectivity index (χ3v) is 4.49. The normalized spacial score (nSPS) is 11.0. The predicted octanol–water partition coefficient (Wildman–Crippen LogP) is 4.85. The Kier molecular flexibility index (Phi) is 4.44. The topological polar surface area (TPSA) is 55.1 Å². The Bertz CT molecular complexity index is 1060. The van der Waals surface area contributed by atoms with Crippen molar-refractivity contribution in [2.45, 2.75) is 6.54 Å². The molecule has 0 unspecified atom stereocenters. The first-order valence-electron chi connectivity index (χ1n) is 7.76. The molecule has 4 aromatic rings. The van der Waals surface area contributed by atoms with Crippen LogP contribution in [0.1, 0.15) is 5.56 Å². The van der Waals surface area contributed by atoms with E-state index < -0.39 is 5.82 Å². The third kappa shape index (κ3) is 2.98. The maximum Gasteiger partial charge on any atom is 0.255 e. The van der Waals surface area contributed by atoms with Crippen molar-refractivity contribution in [3.8, 4) is 11.1 Å². The zero-order chi connectivity index (χ0) is 18.1. The average Bonchev–Trinajstić information content (AvgIpc) is 3.09. The van der Waals surface area contributed by atoms with Crippen LogP contribution in [0.2, 0.25) is 10.2 Å². The van der Waals surface area contributed by atoms with E-state index in [-0.39, 0.29) is 15.7 Å². The third-order valence-electron chi connectivity index (χ3n) is 3.90. The minimum absolute atomic E-state index is 0.0908. The van der Waals surface area contributed by atoms with Crippen LogP contribution in [0.5, 0.6) is 0 Å². The fraction of sp³-hybridized carbons (Fsp3) is 0.0556. The summed E-state index contributed by atoms with van der Waals surface area (Å²) < 4.78 is 16.0. The fourth-order valence-electron chi connectivity index (χ4n) is 2.72. The highest BCUT2D eigenvalue weighted by Crippen LogP contribution is 2.39. The van der Waals surface area contributed by atoms with E-state index in [1.165, 1.54) is 23.0 Å². The van der Waals surface area contributed by atoms with Gasteiger partial charge in [-0.15, -0.1) is 0 Å².